The SMILES string of the molecule is CC[C@H](C)NC(=S)Nc1cc(C(=O)OC)ccc1Cl. The highest BCUT2D eigenvalue weighted by molar-refractivity contribution is 7.80. The van der Waals surface area contributed by atoms with E-state index in [1.807, 2.05) is 6.92 Å². The predicted octanol–water partition coefficient (Wildman–Crippen LogP) is 3.21. The Bertz CT molecular complexity index is 480. The van der Waals surface area contributed by atoms with Gasteiger partial charge in [0.15, 0.2) is 5.11 Å². The molecule has 0 fully saturated rings. The van der Waals surface area contributed by atoms with Gasteiger partial charge in [-0.3, -0.25) is 0 Å². The average molecular weight is 301 g/mol. The summed E-state index contributed by atoms with van der Waals surface area (Å²) in [5.41, 5.74) is 0.992. The van der Waals surface area contributed by atoms with Crippen molar-refractivity contribution < 1.29 is 9.53 Å². The molecule has 1 atom stereocenters. The van der Waals surface area contributed by atoms with E-state index >= 15 is 0 Å². The third-order valence-corrected chi connectivity index (χ3v) is 3.18. The quantitative estimate of drug-likeness (QED) is 0.660. The summed E-state index contributed by atoms with van der Waals surface area (Å²) in [5.74, 6) is -0.416. The highest BCUT2D eigenvalue weighted by atomic mass is 35.5. The second-order valence-electron chi connectivity index (χ2n) is 4.09. The fraction of sp³-hybridized carbons (Fsp3) is 0.385. The lowest BCUT2D eigenvalue weighted by Gasteiger charge is -2.16. The fourth-order valence-corrected chi connectivity index (χ4v) is 1.83. The standard InChI is InChI=1S/C13H17ClN2O2S/c1-4-8(2)15-13(19)16-11-7-9(12(17)18-3)5-6-10(11)14/h5-8H,4H2,1-3H3,(H2,15,16,19)/t8-/m0/s1. The number of hydrogen-bond acceptors (Lipinski definition) is 3. The maximum atomic E-state index is 11.4. The lowest BCUT2D eigenvalue weighted by atomic mass is 10.2. The van der Waals surface area contributed by atoms with Gasteiger partial charge in [-0.25, -0.2) is 4.79 Å². The summed E-state index contributed by atoms with van der Waals surface area (Å²) in [7, 11) is 1.33. The number of ether oxygens (including phenoxy) is 1. The number of hydrogen-bond donors (Lipinski definition) is 2. The van der Waals surface area contributed by atoms with Crippen molar-refractivity contribution >= 4 is 40.6 Å². The Hall–Kier alpha value is -1.33. The molecule has 19 heavy (non-hydrogen) atoms. The van der Waals surface area contributed by atoms with E-state index in [9.17, 15) is 4.79 Å². The highest BCUT2D eigenvalue weighted by Crippen LogP contribution is 2.23. The van der Waals surface area contributed by atoms with Crippen molar-refractivity contribution in [3.63, 3.8) is 0 Å². The second kappa shape index (κ2) is 7.31. The van der Waals surface area contributed by atoms with Gasteiger partial charge < -0.3 is 15.4 Å². The number of benzene rings is 1. The molecule has 0 aromatic heterocycles. The summed E-state index contributed by atoms with van der Waals surface area (Å²) >= 11 is 11.2. The number of nitrogens with one attached hydrogen (secondary N) is 2. The molecule has 0 aliphatic heterocycles. The molecule has 0 unspecified atom stereocenters. The summed E-state index contributed by atoms with van der Waals surface area (Å²) in [6.07, 6.45) is 0.956. The molecule has 104 valence electrons. The average Bonchev–Trinajstić information content (AvgIpc) is 2.40. The number of halogens is 1. The largest absolute Gasteiger partial charge is 0.465 e. The first-order chi connectivity index (χ1) is 8.97. The molecule has 0 aliphatic carbocycles. The van der Waals surface area contributed by atoms with Crippen LogP contribution in [0.4, 0.5) is 5.69 Å². The molecule has 0 heterocycles. The van der Waals surface area contributed by atoms with Crippen LogP contribution in [0.2, 0.25) is 5.02 Å². The van der Waals surface area contributed by atoms with Crippen LogP contribution in [0.5, 0.6) is 0 Å². The Labute approximate surface area is 123 Å². The molecular formula is C13H17ClN2O2S. The van der Waals surface area contributed by atoms with Gasteiger partial charge in [0.2, 0.25) is 0 Å². The summed E-state index contributed by atoms with van der Waals surface area (Å²) in [4.78, 5) is 11.4. The van der Waals surface area contributed by atoms with Crippen LogP contribution < -0.4 is 10.6 Å². The van der Waals surface area contributed by atoms with Crippen LogP contribution in [0.1, 0.15) is 30.6 Å². The van der Waals surface area contributed by atoms with E-state index in [1.165, 1.54) is 7.11 Å². The first-order valence-corrected chi connectivity index (χ1v) is 6.72. The Kier molecular flexibility index (Phi) is 6.05. The molecule has 2 N–H and O–H groups in total. The van der Waals surface area contributed by atoms with Gasteiger partial charge in [0, 0.05) is 6.04 Å². The number of methoxy groups -OCH3 is 1. The van der Waals surface area contributed by atoms with Crippen molar-refractivity contribution in [2.45, 2.75) is 26.3 Å². The summed E-state index contributed by atoms with van der Waals surface area (Å²) in [5, 5.41) is 7.05. The smallest absolute Gasteiger partial charge is 0.337 e. The maximum Gasteiger partial charge on any atom is 0.337 e. The Morgan fingerprint density at radius 3 is 2.79 bits per heavy atom. The van der Waals surface area contributed by atoms with Crippen molar-refractivity contribution in [2.75, 3.05) is 12.4 Å². The first-order valence-electron chi connectivity index (χ1n) is 5.93. The third kappa shape index (κ3) is 4.69. The van der Waals surface area contributed by atoms with Gasteiger partial charge in [0.25, 0.3) is 0 Å². The molecule has 0 amide bonds. The van der Waals surface area contributed by atoms with Crippen LogP contribution in [-0.4, -0.2) is 24.2 Å². The van der Waals surface area contributed by atoms with Crippen LogP contribution >= 0.6 is 23.8 Å². The molecule has 1 aromatic carbocycles. The van der Waals surface area contributed by atoms with Gasteiger partial charge in [0.1, 0.15) is 0 Å². The zero-order valence-corrected chi connectivity index (χ0v) is 12.7. The topological polar surface area (TPSA) is 50.4 Å². The zero-order chi connectivity index (χ0) is 14.4. The van der Waals surface area contributed by atoms with Crippen LogP contribution in [0.3, 0.4) is 0 Å². The number of thiocarbonyl (C=S) groups is 1. The van der Waals surface area contributed by atoms with Gasteiger partial charge in [-0.05, 0) is 43.8 Å². The van der Waals surface area contributed by atoms with Gasteiger partial charge in [-0.15, -0.1) is 0 Å². The van der Waals surface area contributed by atoms with Crippen molar-refractivity contribution in [1.82, 2.24) is 5.32 Å². The van der Waals surface area contributed by atoms with Crippen LogP contribution in [0, 0.1) is 0 Å². The highest BCUT2D eigenvalue weighted by Gasteiger charge is 2.10. The maximum absolute atomic E-state index is 11.4. The molecule has 1 aromatic rings. The fourth-order valence-electron chi connectivity index (χ4n) is 1.35. The monoisotopic (exact) mass is 300 g/mol. The zero-order valence-electron chi connectivity index (χ0n) is 11.1. The first kappa shape index (κ1) is 15.7. The summed E-state index contributed by atoms with van der Waals surface area (Å²) in [6, 6.07) is 5.10. The number of carbonyl (C=O) groups is 1. The minimum Gasteiger partial charge on any atom is -0.465 e. The summed E-state index contributed by atoms with van der Waals surface area (Å²) < 4.78 is 4.66. The van der Waals surface area contributed by atoms with E-state index < -0.39 is 5.97 Å². The lowest BCUT2D eigenvalue weighted by molar-refractivity contribution is 0.0601. The minimum absolute atomic E-state index is 0.266. The van der Waals surface area contributed by atoms with E-state index in [1.54, 1.807) is 18.2 Å². The molecule has 0 saturated carbocycles. The molecular weight excluding hydrogens is 284 g/mol. The predicted molar refractivity (Wildman–Crippen MR) is 81.9 cm³/mol. The van der Waals surface area contributed by atoms with Crippen molar-refractivity contribution in [1.29, 1.82) is 0 Å². The van der Waals surface area contributed by atoms with Gasteiger partial charge >= 0.3 is 5.97 Å². The van der Waals surface area contributed by atoms with E-state index in [2.05, 4.69) is 22.3 Å². The van der Waals surface area contributed by atoms with Gasteiger partial charge in [0.05, 0.1) is 23.4 Å². The molecule has 6 heteroatoms. The van der Waals surface area contributed by atoms with Crippen molar-refractivity contribution in [3.05, 3.63) is 28.8 Å². The molecule has 1 rings (SSSR count). The van der Waals surface area contributed by atoms with Gasteiger partial charge in [-0.1, -0.05) is 18.5 Å². The Balaban J connectivity index is 2.82. The van der Waals surface area contributed by atoms with E-state index in [0.717, 1.165) is 6.42 Å². The van der Waals surface area contributed by atoms with E-state index in [4.69, 9.17) is 23.8 Å². The van der Waals surface area contributed by atoms with Gasteiger partial charge in [-0.2, -0.15) is 0 Å². The molecule has 0 aliphatic rings. The molecule has 4 nitrogen and oxygen atoms in total. The van der Waals surface area contributed by atoms with Crippen LogP contribution in [-0.2, 0) is 4.74 Å². The molecule has 0 saturated heterocycles. The van der Waals surface area contributed by atoms with Crippen molar-refractivity contribution in [2.24, 2.45) is 0 Å². The Morgan fingerprint density at radius 2 is 2.21 bits per heavy atom. The molecule has 0 radical (unpaired) electrons. The number of carbonyl (C=O) groups excluding carboxylic acids is 1. The third-order valence-electron chi connectivity index (χ3n) is 2.63. The lowest BCUT2D eigenvalue weighted by Crippen LogP contribution is -2.35. The summed E-state index contributed by atoms with van der Waals surface area (Å²) in [6.45, 7) is 4.09. The molecule has 0 bridgehead atoms. The molecule has 0 spiro atoms. The van der Waals surface area contributed by atoms with E-state index in [0.29, 0.717) is 21.4 Å². The number of esters is 1. The van der Waals surface area contributed by atoms with Crippen LogP contribution in [0.15, 0.2) is 18.2 Å². The second-order valence-corrected chi connectivity index (χ2v) is 4.91. The van der Waals surface area contributed by atoms with Crippen molar-refractivity contribution in [3.8, 4) is 0 Å². The minimum atomic E-state index is -0.416. The van der Waals surface area contributed by atoms with Crippen LogP contribution in [0.25, 0.3) is 0 Å². The number of anilines is 1. The van der Waals surface area contributed by atoms with E-state index in [-0.39, 0.29) is 6.04 Å². The normalized spacial score (nSPS) is 11.6. The Morgan fingerprint density at radius 1 is 1.53 bits per heavy atom. The number of rotatable bonds is 4.